The fraction of sp³-hybridized carbons (Fsp3) is 0.423. The number of nitrogens with zero attached hydrogens (tertiary/aromatic N) is 2. The number of rotatable bonds is 40. The fourth-order valence-electron chi connectivity index (χ4n) is 8.16. The van der Waals surface area contributed by atoms with Crippen molar-refractivity contribution < 1.29 is 97.6 Å². The lowest BCUT2D eigenvalue weighted by Gasteiger charge is -2.17. The van der Waals surface area contributed by atoms with Crippen LogP contribution in [-0.4, -0.2) is 78.4 Å². The topological polar surface area (TPSA) is 338 Å². The second-order valence-electron chi connectivity index (χ2n) is 22.3. The van der Waals surface area contributed by atoms with E-state index in [9.17, 15) is 37.4 Å². The Morgan fingerprint density at radius 3 is 1.13 bits per heavy atom. The average Bonchev–Trinajstić information content (AvgIpc) is 0.880. The maximum atomic E-state index is 13.5. The van der Waals surface area contributed by atoms with E-state index < -0.39 is 49.3 Å². The van der Waals surface area contributed by atoms with Crippen molar-refractivity contribution in [1.82, 2.24) is 0 Å². The molecular formula is C71H95N3O21P4. The summed E-state index contributed by atoms with van der Waals surface area (Å²) in [5.74, 6) is -1.05. The summed E-state index contributed by atoms with van der Waals surface area (Å²) in [6, 6.07) is 44.7. The number of nitrogens with one attached hydrogen (secondary N) is 1. The molecule has 6 aromatic carbocycles. The number of aryl methyl sites for hydroxylation is 1. The number of unbranched alkanes of at least 4 members (excludes halogenated alkanes) is 6. The first-order valence-electron chi connectivity index (χ1n) is 32.9. The van der Waals surface area contributed by atoms with Crippen LogP contribution < -0.4 is 10.1 Å². The smallest absolute Gasteiger partial charge is 0.388 e. The van der Waals surface area contributed by atoms with Gasteiger partial charge < -0.3 is 33.0 Å². The summed E-state index contributed by atoms with van der Waals surface area (Å²) < 4.78 is 97.3. The third kappa shape index (κ3) is 40.0. The number of carbonyl (C=O) groups excluding carboxylic acids is 4. The third-order valence-electron chi connectivity index (χ3n) is 13.6. The van der Waals surface area contributed by atoms with Crippen LogP contribution in [0.1, 0.15) is 169 Å². The Kier molecular flexibility index (Phi) is 42.1. The molecule has 0 radical (unpaired) electrons. The van der Waals surface area contributed by atoms with Gasteiger partial charge >= 0.3 is 49.3 Å². The minimum Gasteiger partial charge on any atom is -0.388 e. The van der Waals surface area contributed by atoms with Gasteiger partial charge in [0.05, 0.1) is 58.2 Å². The van der Waals surface area contributed by atoms with Gasteiger partial charge in [0.2, 0.25) is 6.08 Å². The lowest BCUT2D eigenvalue weighted by atomic mass is 10.0. The largest absolute Gasteiger partial charge is 0.593 e. The van der Waals surface area contributed by atoms with Crippen molar-refractivity contribution in [1.29, 1.82) is 5.26 Å². The summed E-state index contributed by atoms with van der Waals surface area (Å²) >= 11 is 0. The quantitative estimate of drug-likeness (QED) is 0.00912. The van der Waals surface area contributed by atoms with E-state index in [2.05, 4.69) is 39.1 Å². The van der Waals surface area contributed by atoms with Crippen LogP contribution in [0.15, 0.2) is 151 Å². The average molecular weight is 1450 g/mol. The second-order valence-corrected chi connectivity index (χ2v) is 28.1. The number of nitriles is 1. The molecule has 1 amide bonds. The molecule has 24 nitrogen and oxygen atoms in total. The lowest BCUT2D eigenvalue weighted by Crippen LogP contribution is -2.17. The number of aliphatic imine (C=N–C) groups is 1. The molecule has 99 heavy (non-hydrogen) atoms. The number of amides is 1. The second kappa shape index (κ2) is 48.5. The first-order valence-corrected chi connectivity index (χ1v) is 38.9. The van der Waals surface area contributed by atoms with Gasteiger partial charge in [-0.2, -0.15) is 4.99 Å². The highest BCUT2D eigenvalue weighted by Crippen LogP contribution is 2.51. The van der Waals surface area contributed by atoms with E-state index in [0.29, 0.717) is 66.8 Å². The van der Waals surface area contributed by atoms with Gasteiger partial charge in [0.25, 0.3) is 6.26 Å². The van der Waals surface area contributed by atoms with Crippen LogP contribution >= 0.6 is 31.3 Å². The normalized spacial score (nSPS) is 11.6. The highest BCUT2D eigenvalue weighted by molar-refractivity contribution is 7.49. The Balaban J connectivity index is 0.000000496. The molecule has 0 saturated carbocycles. The molecule has 6 rings (SSSR count). The molecule has 540 valence electrons. The van der Waals surface area contributed by atoms with Crippen molar-refractivity contribution in [2.24, 2.45) is 4.99 Å². The van der Waals surface area contributed by atoms with E-state index in [4.69, 9.17) is 60.9 Å². The van der Waals surface area contributed by atoms with Crippen molar-refractivity contribution in [2.45, 2.75) is 158 Å². The van der Waals surface area contributed by atoms with Crippen LogP contribution in [-0.2, 0) is 105 Å². The number of isocyanates is 1. The Morgan fingerprint density at radius 2 is 0.758 bits per heavy atom. The number of carbonyl (C=O) groups is 3. The summed E-state index contributed by atoms with van der Waals surface area (Å²) in [7, 11) is -16.6. The van der Waals surface area contributed by atoms with E-state index in [0.717, 1.165) is 91.2 Å². The molecule has 0 aliphatic heterocycles. The fourth-order valence-corrected chi connectivity index (χ4v) is 11.6. The van der Waals surface area contributed by atoms with Crippen LogP contribution in [0.25, 0.3) is 0 Å². The zero-order chi connectivity index (χ0) is 72.8. The zero-order valence-corrected chi connectivity index (χ0v) is 61.1. The molecule has 28 heteroatoms. The Bertz CT molecular complexity index is 3550. The minimum atomic E-state index is -4.60. The van der Waals surface area contributed by atoms with Gasteiger partial charge in [0.1, 0.15) is 5.75 Å². The van der Waals surface area contributed by atoms with Crippen molar-refractivity contribution in [2.75, 3.05) is 45.0 Å². The number of phosphoric ester groups is 4. The van der Waals surface area contributed by atoms with Crippen molar-refractivity contribution in [3.63, 3.8) is 0 Å². The van der Waals surface area contributed by atoms with Gasteiger partial charge in [0.15, 0.2) is 0 Å². The summed E-state index contributed by atoms with van der Waals surface area (Å²) in [6.07, 6.45) is 13.0. The van der Waals surface area contributed by atoms with Gasteiger partial charge in [-0.15, -0.1) is 5.26 Å². The molecule has 0 aliphatic rings. The Labute approximate surface area is 582 Å². The van der Waals surface area contributed by atoms with Gasteiger partial charge in [0, 0.05) is 5.69 Å². The van der Waals surface area contributed by atoms with E-state index in [-0.39, 0.29) is 52.5 Å². The Hall–Kier alpha value is -7.24. The zero-order valence-electron chi connectivity index (χ0n) is 57.5. The van der Waals surface area contributed by atoms with Crippen LogP contribution in [0.4, 0.5) is 16.2 Å². The van der Waals surface area contributed by atoms with Crippen LogP contribution in [0.3, 0.4) is 0 Å². The molecule has 1 unspecified atom stereocenters. The number of ether oxygens (including phenoxy) is 1. The summed E-state index contributed by atoms with van der Waals surface area (Å²) in [5, 5.41) is 10.9. The number of benzene rings is 6. The molecular weight excluding hydrogens is 1350 g/mol. The summed E-state index contributed by atoms with van der Waals surface area (Å²) in [6.45, 7) is 14.8. The molecule has 0 heterocycles. The maximum absolute atomic E-state index is 13.5. The number of anilines is 1. The monoisotopic (exact) mass is 1450 g/mol. The molecule has 1 atom stereocenters. The van der Waals surface area contributed by atoms with E-state index in [1.54, 1.807) is 66.9 Å². The van der Waals surface area contributed by atoms with Gasteiger partial charge in [-0.3, -0.25) is 42.0 Å². The standard InChI is InChI=1S/C44H55NO11P2.C15H10N2O2.C8H19O4P.C4H11O4P/c1-5-8-27-51-57(49,52-28-9-6-2)54-42(46)32-39-19-15-36(16-20-39)31-37-17-21-40(22-18-37)33-43(47)55-58(50,53-29-10-7-3)56-44(48)45-41-25-23-38(24-26-41)30-35-13-11-34(4)12-14-35;16-10-19-15-7-3-13(4-8-15)9-12-1-5-14(6-2-12)17-11-18;1-3-5-7-11-13(9,10)12-8-6-4-2;1-2-3-4-8-9(5,6)7/h11-26H,5-10,27-33H2,1-4H3,(H,45,48);1-8H,9H2;3-8H2,1-2H3,(H,9,10);2-4H2,1H3,(H2,5,6,7). The molecule has 0 bridgehead atoms. The van der Waals surface area contributed by atoms with Crippen LogP contribution in [0.5, 0.6) is 5.75 Å². The molecule has 0 saturated heterocycles. The number of hydrogen-bond acceptors (Lipinski definition) is 20. The first-order chi connectivity index (χ1) is 47.4. The highest BCUT2D eigenvalue weighted by atomic mass is 31.2. The molecule has 6 aromatic rings. The summed E-state index contributed by atoms with van der Waals surface area (Å²) in [4.78, 5) is 77.4. The predicted molar refractivity (Wildman–Crippen MR) is 378 cm³/mol. The molecule has 0 fully saturated rings. The van der Waals surface area contributed by atoms with E-state index >= 15 is 0 Å². The predicted octanol–water partition coefficient (Wildman–Crippen LogP) is 18.0. The van der Waals surface area contributed by atoms with Crippen molar-refractivity contribution in [3.8, 4) is 12.0 Å². The van der Waals surface area contributed by atoms with Crippen molar-refractivity contribution >= 4 is 66.8 Å². The molecule has 0 aromatic heterocycles. The number of hydrogen-bond donors (Lipinski definition) is 4. The van der Waals surface area contributed by atoms with E-state index in [1.807, 2.05) is 109 Å². The lowest BCUT2D eigenvalue weighted by molar-refractivity contribution is -0.136. The highest BCUT2D eigenvalue weighted by Gasteiger charge is 2.36. The first kappa shape index (κ1) is 86.0. The molecule has 0 aliphatic carbocycles. The SMILES string of the molecule is CCCCOP(=O)(O)O.CCCCOP(=O)(O)OCCCC.CCCCOP(=O)(OCCCC)OC(=O)Cc1ccc(Cc2ccc(CC(=O)OP(=O)(OCCCC)OC(=O)Nc3ccc(Cc4ccc(C)cc4)cc3)cc2)cc1.N#COc1ccc(Cc2ccc(N=C=O)cc2)cc1. The van der Waals surface area contributed by atoms with Crippen LogP contribution in [0.2, 0.25) is 0 Å². The van der Waals surface area contributed by atoms with E-state index in [1.165, 1.54) is 11.6 Å². The van der Waals surface area contributed by atoms with Gasteiger partial charge in [-0.1, -0.05) is 195 Å². The third-order valence-corrected chi connectivity index (χ3v) is 17.9. The molecule has 4 N–H and O–H groups in total. The van der Waals surface area contributed by atoms with Gasteiger partial charge in [-0.05, 0) is 146 Å². The summed E-state index contributed by atoms with van der Waals surface area (Å²) in [5.41, 5.74) is 9.79. The van der Waals surface area contributed by atoms with Crippen LogP contribution in [0, 0.1) is 18.4 Å². The Morgan fingerprint density at radius 1 is 0.434 bits per heavy atom. The number of phosphoric acid groups is 4. The molecule has 0 spiro atoms. The maximum Gasteiger partial charge on any atom is 0.593 e. The minimum absolute atomic E-state index is 0.0357. The van der Waals surface area contributed by atoms with Gasteiger partial charge in [-0.25, -0.2) is 27.8 Å². The van der Waals surface area contributed by atoms with Crippen molar-refractivity contribution in [3.05, 3.63) is 196 Å².